The topological polar surface area (TPSA) is 37.3 Å². The zero-order valence-corrected chi connectivity index (χ0v) is 6.37. The lowest BCUT2D eigenvalue weighted by Gasteiger charge is -1.99. The zero-order valence-electron chi connectivity index (χ0n) is 6.37. The summed E-state index contributed by atoms with van der Waals surface area (Å²) in [5, 5.41) is 9.19. The molecule has 0 aliphatic heterocycles. The van der Waals surface area contributed by atoms with E-state index in [9.17, 15) is 9.90 Å². The predicted octanol–water partition coefficient (Wildman–Crippen LogP) is 1.77. The molecule has 11 heavy (non-hydrogen) atoms. The molecule has 0 aromatic heterocycles. The van der Waals surface area contributed by atoms with Gasteiger partial charge in [-0.2, -0.15) is 0 Å². The SMILES string of the molecule is CCc1ccc(C=O)c(O)c1. The van der Waals surface area contributed by atoms with E-state index in [0.29, 0.717) is 11.8 Å². The molecule has 1 rings (SSSR count). The number of phenolic OH excluding ortho intramolecular Hbond substituents is 1. The maximum absolute atomic E-state index is 10.3. The molecule has 0 aliphatic rings. The van der Waals surface area contributed by atoms with Crippen molar-refractivity contribution in [2.24, 2.45) is 0 Å². The number of phenols is 1. The standard InChI is InChI=1S/C9H10O2/c1-2-7-3-4-8(6-10)9(11)5-7/h3-6,11H,2H2,1H3. The first-order chi connectivity index (χ1) is 5.27. The van der Waals surface area contributed by atoms with Gasteiger partial charge >= 0.3 is 0 Å². The van der Waals surface area contributed by atoms with Gasteiger partial charge in [-0.15, -0.1) is 0 Å². The highest BCUT2D eigenvalue weighted by molar-refractivity contribution is 5.79. The minimum atomic E-state index is 0.0688. The van der Waals surface area contributed by atoms with E-state index in [1.54, 1.807) is 12.1 Å². The molecule has 58 valence electrons. The Kier molecular flexibility index (Phi) is 2.26. The molecule has 2 heteroatoms. The summed E-state index contributed by atoms with van der Waals surface area (Å²) in [4.78, 5) is 10.3. The Bertz CT molecular complexity index is 266. The molecular weight excluding hydrogens is 140 g/mol. The molecule has 0 bridgehead atoms. The summed E-state index contributed by atoms with van der Waals surface area (Å²) in [5.41, 5.74) is 1.38. The van der Waals surface area contributed by atoms with Crippen LogP contribution in [-0.2, 0) is 6.42 Å². The molecule has 0 amide bonds. The molecule has 0 spiro atoms. The van der Waals surface area contributed by atoms with Gasteiger partial charge in [0.25, 0.3) is 0 Å². The van der Waals surface area contributed by atoms with Crippen LogP contribution in [0.1, 0.15) is 22.8 Å². The highest BCUT2D eigenvalue weighted by atomic mass is 16.3. The van der Waals surface area contributed by atoms with E-state index in [1.807, 2.05) is 13.0 Å². The highest BCUT2D eigenvalue weighted by Crippen LogP contribution is 2.16. The number of carbonyl (C=O) groups is 1. The molecule has 2 nitrogen and oxygen atoms in total. The second-order valence-corrected chi connectivity index (χ2v) is 2.36. The van der Waals surface area contributed by atoms with Crippen molar-refractivity contribution in [1.29, 1.82) is 0 Å². The van der Waals surface area contributed by atoms with Gasteiger partial charge in [0.2, 0.25) is 0 Å². The molecule has 0 fully saturated rings. The van der Waals surface area contributed by atoms with Gasteiger partial charge in [-0.3, -0.25) is 4.79 Å². The zero-order chi connectivity index (χ0) is 8.27. The van der Waals surface area contributed by atoms with Crippen molar-refractivity contribution in [2.75, 3.05) is 0 Å². The summed E-state index contributed by atoms with van der Waals surface area (Å²) >= 11 is 0. The van der Waals surface area contributed by atoms with Crippen LogP contribution in [0, 0.1) is 0 Å². The van der Waals surface area contributed by atoms with Crippen molar-refractivity contribution in [2.45, 2.75) is 13.3 Å². The average Bonchev–Trinajstić information content (AvgIpc) is 2.04. The van der Waals surface area contributed by atoms with E-state index in [2.05, 4.69) is 0 Å². The Balaban J connectivity index is 3.09. The minimum Gasteiger partial charge on any atom is -0.507 e. The van der Waals surface area contributed by atoms with Gasteiger partial charge < -0.3 is 5.11 Å². The maximum Gasteiger partial charge on any atom is 0.153 e. The second kappa shape index (κ2) is 3.19. The lowest BCUT2D eigenvalue weighted by atomic mass is 10.1. The molecule has 0 aliphatic carbocycles. The Hall–Kier alpha value is -1.31. The van der Waals surface area contributed by atoms with Crippen LogP contribution in [0.15, 0.2) is 18.2 Å². The van der Waals surface area contributed by atoms with Gasteiger partial charge in [-0.05, 0) is 24.1 Å². The Morgan fingerprint density at radius 3 is 2.73 bits per heavy atom. The van der Waals surface area contributed by atoms with E-state index < -0.39 is 0 Å². The maximum atomic E-state index is 10.3. The number of aryl methyl sites for hydroxylation is 1. The van der Waals surface area contributed by atoms with Gasteiger partial charge in [0.05, 0.1) is 5.56 Å². The van der Waals surface area contributed by atoms with Crippen molar-refractivity contribution in [3.05, 3.63) is 29.3 Å². The van der Waals surface area contributed by atoms with Crippen LogP contribution in [0.3, 0.4) is 0 Å². The Morgan fingerprint density at radius 2 is 2.27 bits per heavy atom. The van der Waals surface area contributed by atoms with Crippen LogP contribution in [0.5, 0.6) is 5.75 Å². The van der Waals surface area contributed by atoms with Crippen LogP contribution in [0.25, 0.3) is 0 Å². The first kappa shape index (κ1) is 7.79. The van der Waals surface area contributed by atoms with Gasteiger partial charge in [0.15, 0.2) is 6.29 Å². The largest absolute Gasteiger partial charge is 0.507 e. The number of hydrogen-bond donors (Lipinski definition) is 1. The average molecular weight is 150 g/mol. The van der Waals surface area contributed by atoms with E-state index in [0.717, 1.165) is 12.0 Å². The summed E-state index contributed by atoms with van der Waals surface area (Å²) in [6.45, 7) is 2.00. The number of carbonyl (C=O) groups excluding carboxylic acids is 1. The third-order valence-electron chi connectivity index (χ3n) is 1.63. The lowest BCUT2D eigenvalue weighted by molar-refractivity contribution is 0.112. The molecule has 0 unspecified atom stereocenters. The molecule has 0 heterocycles. The molecule has 1 N–H and O–H groups in total. The summed E-state index contributed by atoms with van der Waals surface area (Å²) in [7, 11) is 0. The smallest absolute Gasteiger partial charge is 0.153 e. The van der Waals surface area contributed by atoms with Crippen LogP contribution in [0.4, 0.5) is 0 Å². The van der Waals surface area contributed by atoms with E-state index >= 15 is 0 Å². The fourth-order valence-electron chi connectivity index (χ4n) is 0.909. The number of benzene rings is 1. The molecule has 0 atom stereocenters. The van der Waals surface area contributed by atoms with Crippen molar-refractivity contribution in [1.82, 2.24) is 0 Å². The molecule has 1 aromatic rings. The first-order valence-electron chi connectivity index (χ1n) is 3.55. The third kappa shape index (κ3) is 1.58. The van der Waals surface area contributed by atoms with Gasteiger partial charge in [-0.1, -0.05) is 13.0 Å². The summed E-state index contributed by atoms with van der Waals surface area (Å²) < 4.78 is 0. The van der Waals surface area contributed by atoms with Crippen molar-refractivity contribution < 1.29 is 9.90 Å². The van der Waals surface area contributed by atoms with E-state index in [4.69, 9.17) is 0 Å². The summed E-state index contributed by atoms with van der Waals surface area (Å²) in [6.07, 6.45) is 1.52. The van der Waals surface area contributed by atoms with Gasteiger partial charge in [0, 0.05) is 0 Å². The molecular formula is C9H10O2. The van der Waals surface area contributed by atoms with E-state index in [1.165, 1.54) is 0 Å². The predicted molar refractivity (Wildman–Crippen MR) is 42.9 cm³/mol. The van der Waals surface area contributed by atoms with Crippen molar-refractivity contribution >= 4 is 6.29 Å². The summed E-state index contributed by atoms with van der Waals surface area (Å²) in [5.74, 6) is 0.0688. The Labute approximate surface area is 65.5 Å². The molecule has 0 saturated heterocycles. The molecule has 1 aromatic carbocycles. The Morgan fingerprint density at radius 1 is 1.55 bits per heavy atom. The number of hydrogen-bond acceptors (Lipinski definition) is 2. The summed E-state index contributed by atoms with van der Waals surface area (Å²) in [6, 6.07) is 5.08. The van der Waals surface area contributed by atoms with Crippen LogP contribution in [0.2, 0.25) is 0 Å². The van der Waals surface area contributed by atoms with Crippen LogP contribution in [-0.4, -0.2) is 11.4 Å². The monoisotopic (exact) mass is 150 g/mol. The number of rotatable bonds is 2. The normalized spacial score (nSPS) is 9.55. The lowest BCUT2D eigenvalue weighted by Crippen LogP contribution is -1.84. The van der Waals surface area contributed by atoms with Crippen molar-refractivity contribution in [3.8, 4) is 5.75 Å². The molecule has 0 saturated carbocycles. The van der Waals surface area contributed by atoms with Crippen LogP contribution < -0.4 is 0 Å². The second-order valence-electron chi connectivity index (χ2n) is 2.36. The first-order valence-corrected chi connectivity index (χ1v) is 3.55. The number of aromatic hydroxyl groups is 1. The quantitative estimate of drug-likeness (QED) is 0.652. The van der Waals surface area contributed by atoms with Gasteiger partial charge in [-0.25, -0.2) is 0 Å². The third-order valence-corrected chi connectivity index (χ3v) is 1.63. The fraction of sp³-hybridized carbons (Fsp3) is 0.222. The number of aldehydes is 1. The van der Waals surface area contributed by atoms with Crippen molar-refractivity contribution in [3.63, 3.8) is 0 Å². The van der Waals surface area contributed by atoms with Gasteiger partial charge in [0.1, 0.15) is 5.75 Å². The fourth-order valence-corrected chi connectivity index (χ4v) is 0.909. The highest BCUT2D eigenvalue weighted by Gasteiger charge is 1.98. The molecule has 0 radical (unpaired) electrons. The minimum absolute atomic E-state index is 0.0688. The van der Waals surface area contributed by atoms with Crippen LogP contribution >= 0.6 is 0 Å². The van der Waals surface area contributed by atoms with E-state index in [-0.39, 0.29) is 5.75 Å².